The molecule has 2 aromatic heterocycles. The standard InChI is InChI=1S/C15H20N2OS2/c1-3-4-9-17-14(18)12-10-7-5-6-8-11(10)20-13(12)16-15(17)19-2/h3-9H2,1-2H3. The van der Waals surface area contributed by atoms with Gasteiger partial charge in [-0.15, -0.1) is 11.3 Å². The fraction of sp³-hybridized carbons (Fsp3) is 0.600. The minimum atomic E-state index is 0.187. The van der Waals surface area contributed by atoms with Gasteiger partial charge in [-0.05, 0) is 43.9 Å². The van der Waals surface area contributed by atoms with Crippen LogP contribution in [0, 0.1) is 0 Å². The van der Waals surface area contributed by atoms with Gasteiger partial charge in [0.05, 0.1) is 5.39 Å². The van der Waals surface area contributed by atoms with Gasteiger partial charge in [-0.25, -0.2) is 4.98 Å². The van der Waals surface area contributed by atoms with Gasteiger partial charge in [-0.2, -0.15) is 0 Å². The quantitative estimate of drug-likeness (QED) is 0.635. The number of nitrogens with zero attached hydrogens (tertiary/aromatic N) is 2. The fourth-order valence-corrected chi connectivity index (χ4v) is 4.78. The van der Waals surface area contributed by atoms with Gasteiger partial charge in [-0.1, -0.05) is 25.1 Å². The van der Waals surface area contributed by atoms with Gasteiger partial charge in [0, 0.05) is 11.4 Å². The van der Waals surface area contributed by atoms with E-state index in [-0.39, 0.29) is 5.56 Å². The predicted octanol–water partition coefficient (Wildman–Crippen LogP) is 3.86. The minimum Gasteiger partial charge on any atom is -0.287 e. The Labute approximate surface area is 127 Å². The Bertz CT molecular complexity index is 687. The monoisotopic (exact) mass is 308 g/mol. The maximum absolute atomic E-state index is 12.9. The Kier molecular flexibility index (Phi) is 4.17. The normalized spacial score (nSPS) is 14.7. The summed E-state index contributed by atoms with van der Waals surface area (Å²) >= 11 is 3.32. The molecule has 5 heteroatoms. The van der Waals surface area contributed by atoms with Crippen molar-refractivity contribution in [2.75, 3.05) is 6.26 Å². The van der Waals surface area contributed by atoms with Crippen LogP contribution in [0.1, 0.15) is 43.0 Å². The highest BCUT2D eigenvalue weighted by Crippen LogP contribution is 2.34. The van der Waals surface area contributed by atoms with Crippen molar-refractivity contribution in [2.24, 2.45) is 0 Å². The molecule has 0 fully saturated rings. The number of thioether (sulfide) groups is 1. The summed E-state index contributed by atoms with van der Waals surface area (Å²) in [5.41, 5.74) is 1.49. The maximum Gasteiger partial charge on any atom is 0.263 e. The lowest BCUT2D eigenvalue weighted by atomic mass is 9.97. The molecule has 108 valence electrons. The van der Waals surface area contributed by atoms with Crippen molar-refractivity contribution in [2.45, 2.75) is 57.1 Å². The third kappa shape index (κ3) is 2.31. The van der Waals surface area contributed by atoms with Crippen molar-refractivity contribution in [3.05, 3.63) is 20.8 Å². The molecular formula is C15H20N2OS2. The third-order valence-corrected chi connectivity index (χ3v) is 5.82. The van der Waals surface area contributed by atoms with Crippen LogP contribution in [-0.4, -0.2) is 15.8 Å². The summed E-state index contributed by atoms with van der Waals surface area (Å²) in [6.45, 7) is 2.95. The van der Waals surface area contributed by atoms with Crippen molar-refractivity contribution >= 4 is 33.3 Å². The topological polar surface area (TPSA) is 34.9 Å². The number of fused-ring (bicyclic) bond motifs is 3. The first kappa shape index (κ1) is 14.1. The lowest BCUT2D eigenvalue weighted by Crippen LogP contribution is -2.23. The first-order chi connectivity index (χ1) is 9.76. The van der Waals surface area contributed by atoms with Crippen LogP contribution >= 0.6 is 23.1 Å². The Balaban J connectivity index is 2.22. The second kappa shape index (κ2) is 5.90. The van der Waals surface area contributed by atoms with Crippen molar-refractivity contribution < 1.29 is 0 Å². The van der Waals surface area contributed by atoms with Crippen LogP contribution in [0.5, 0.6) is 0 Å². The van der Waals surface area contributed by atoms with E-state index in [9.17, 15) is 4.79 Å². The van der Waals surface area contributed by atoms with Crippen molar-refractivity contribution in [3.8, 4) is 0 Å². The number of thiophene rings is 1. The van der Waals surface area contributed by atoms with Gasteiger partial charge >= 0.3 is 0 Å². The summed E-state index contributed by atoms with van der Waals surface area (Å²) in [4.78, 5) is 20.0. The zero-order chi connectivity index (χ0) is 14.1. The third-order valence-electron chi connectivity index (χ3n) is 3.96. The number of rotatable bonds is 4. The molecule has 3 nitrogen and oxygen atoms in total. The van der Waals surface area contributed by atoms with Gasteiger partial charge in [0.1, 0.15) is 4.83 Å². The first-order valence-corrected chi connectivity index (χ1v) is 9.39. The Hall–Kier alpha value is -0.810. The molecule has 1 aliphatic rings. The Morgan fingerprint density at radius 2 is 2.15 bits per heavy atom. The van der Waals surface area contributed by atoms with E-state index < -0.39 is 0 Å². The van der Waals surface area contributed by atoms with Crippen LogP contribution in [0.25, 0.3) is 10.2 Å². The zero-order valence-corrected chi connectivity index (χ0v) is 13.7. The molecular weight excluding hydrogens is 288 g/mol. The van der Waals surface area contributed by atoms with Crippen LogP contribution in [-0.2, 0) is 19.4 Å². The molecule has 0 aromatic carbocycles. The van der Waals surface area contributed by atoms with Gasteiger partial charge in [0.2, 0.25) is 0 Å². The van der Waals surface area contributed by atoms with Crippen LogP contribution in [0.3, 0.4) is 0 Å². The molecule has 0 spiro atoms. The number of aromatic nitrogens is 2. The van der Waals surface area contributed by atoms with Crippen LogP contribution in [0.15, 0.2) is 9.95 Å². The molecule has 0 atom stereocenters. The molecule has 0 radical (unpaired) electrons. The van der Waals surface area contributed by atoms with E-state index in [4.69, 9.17) is 4.98 Å². The molecule has 2 aromatic rings. The van der Waals surface area contributed by atoms with E-state index in [0.717, 1.165) is 47.6 Å². The fourth-order valence-electron chi connectivity index (χ4n) is 2.89. The zero-order valence-electron chi connectivity index (χ0n) is 12.1. The van der Waals surface area contributed by atoms with Crippen molar-refractivity contribution in [1.29, 1.82) is 0 Å². The van der Waals surface area contributed by atoms with E-state index in [1.165, 1.54) is 23.3 Å². The molecule has 0 bridgehead atoms. The van der Waals surface area contributed by atoms with Gasteiger partial charge in [0.25, 0.3) is 5.56 Å². The van der Waals surface area contributed by atoms with Crippen molar-refractivity contribution in [1.82, 2.24) is 9.55 Å². The van der Waals surface area contributed by atoms with E-state index in [2.05, 4.69) is 6.92 Å². The predicted molar refractivity (Wildman–Crippen MR) is 87.2 cm³/mol. The summed E-state index contributed by atoms with van der Waals surface area (Å²) in [7, 11) is 0. The molecule has 20 heavy (non-hydrogen) atoms. The molecule has 0 saturated carbocycles. The summed E-state index contributed by atoms with van der Waals surface area (Å²) in [5.74, 6) is 0. The molecule has 0 saturated heterocycles. The van der Waals surface area contributed by atoms with Crippen molar-refractivity contribution in [3.63, 3.8) is 0 Å². The maximum atomic E-state index is 12.9. The van der Waals surface area contributed by atoms with Gasteiger partial charge in [0.15, 0.2) is 5.16 Å². The summed E-state index contributed by atoms with van der Waals surface area (Å²) < 4.78 is 1.89. The summed E-state index contributed by atoms with van der Waals surface area (Å²) in [6, 6.07) is 0. The average molecular weight is 308 g/mol. The Morgan fingerprint density at radius 1 is 1.35 bits per heavy atom. The van der Waals surface area contributed by atoms with Crippen LogP contribution in [0.4, 0.5) is 0 Å². The van der Waals surface area contributed by atoms with E-state index in [1.807, 2.05) is 10.8 Å². The van der Waals surface area contributed by atoms with Crippen LogP contribution in [0.2, 0.25) is 0 Å². The van der Waals surface area contributed by atoms with Gasteiger partial charge in [-0.3, -0.25) is 9.36 Å². The molecule has 1 aliphatic carbocycles. The molecule has 0 N–H and O–H groups in total. The SMILES string of the molecule is CCCCn1c(SC)nc2sc3c(c2c1=O)CCCC3. The first-order valence-electron chi connectivity index (χ1n) is 7.35. The number of hydrogen-bond donors (Lipinski definition) is 0. The van der Waals surface area contributed by atoms with E-state index in [0.29, 0.717) is 0 Å². The smallest absolute Gasteiger partial charge is 0.263 e. The molecule has 2 heterocycles. The highest BCUT2D eigenvalue weighted by atomic mass is 32.2. The highest BCUT2D eigenvalue weighted by Gasteiger charge is 2.21. The molecule has 0 aliphatic heterocycles. The second-order valence-corrected chi connectivity index (χ2v) is 7.16. The largest absolute Gasteiger partial charge is 0.287 e. The van der Waals surface area contributed by atoms with E-state index >= 15 is 0 Å². The Morgan fingerprint density at radius 3 is 2.90 bits per heavy atom. The summed E-state index contributed by atoms with van der Waals surface area (Å²) in [5, 5.41) is 1.79. The molecule has 0 amide bonds. The lowest BCUT2D eigenvalue weighted by molar-refractivity contribution is 0.558. The van der Waals surface area contributed by atoms with E-state index in [1.54, 1.807) is 23.1 Å². The molecule has 3 rings (SSSR count). The second-order valence-electron chi connectivity index (χ2n) is 5.30. The number of hydrogen-bond acceptors (Lipinski definition) is 4. The molecule has 0 unspecified atom stereocenters. The lowest BCUT2D eigenvalue weighted by Gasteiger charge is -2.12. The van der Waals surface area contributed by atoms with Crippen LogP contribution < -0.4 is 5.56 Å². The highest BCUT2D eigenvalue weighted by molar-refractivity contribution is 7.98. The minimum absolute atomic E-state index is 0.187. The number of unbranched alkanes of at least 4 members (excludes halogenated alkanes) is 1. The number of aryl methyl sites for hydroxylation is 2. The van der Waals surface area contributed by atoms with Gasteiger partial charge < -0.3 is 0 Å². The average Bonchev–Trinajstić information content (AvgIpc) is 2.84. The summed E-state index contributed by atoms with van der Waals surface area (Å²) in [6.07, 6.45) is 8.77.